The highest BCUT2D eigenvalue weighted by molar-refractivity contribution is 5.94. The van der Waals surface area contributed by atoms with E-state index in [1.54, 1.807) is 43.1 Å². The van der Waals surface area contributed by atoms with Crippen LogP contribution in [0, 0.1) is 5.82 Å². The summed E-state index contributed by atoms with van der Waals surface area (Å²) in [5.74, 6) is 0.264. The Labute approximate surface area is 202 Å². The van der Waals surface area contributed by atoms with Crippen LogP contribution in [0.4, 0.5) is 10.1 Å². The van der Waals surface area contributed by atoms with Crippen molar-refractivity contribution in [2.75, 3.05) is 12.4 Å². The van der Waals surface area contributed by atoms with Crippen LogP contribution in [0.5, 0.6) is 11.5 Å². The number of carbonyl (C=O) groups is 1. The molecule has 0 radical (unpaired) electrons. The molecule has 0 saturated carbocycles. The van der Waals surface area contributed by atoms with Gasteiger partial charge in [0.05, 0.1) is 24.5 Å². The fourth-order valence-corrected chi connectivity index (χ4v) is 3.49. The van der Waals surface area contributed by atoms with Crippen molar-refractivity contribution in [2.24, 2.45) is 0 Å². The highest BCUT2D eigenvalue weighted by Crippen LogP contribution is 2.24. The number of aromatic nitrogens is 2. The van der Waals surface area contributed by atoms with Crippen molar-refractivity contribution in [1.29, 1.82) is 0 Å². The van der Waals surface area contributed by atoms with E-state index in [2.05, 4.69) is 15.6 Å². The summed E-state index contributed by atoms with van der Waals surface area (Å²) in [5, 5.41) is 5.57. The SMILES string of the molecule is CN[C@@H](C)C(=O)Nc1ccc(-c2ccccc2)n(Cc2cncc(Oc3ccc(F)cc3)c2)c1=O. The average molecular weight is 473 g/mol. The van der Waals surface area contributed by atoms with Crippen LogP contribution in [0.1, 0.15) is 12.5 Å². The van der Waals surface area contributed by atoms with Gasteiger partial charge >= 0.3 is 0 Å². The van der Waals surface area contributed by atoms with E-state index in [1.807, 2.05) is 36.4 Å². The van der Waals surface area contributed by atoms with E-state index in [0.29, 0.717) is 17.2 Å². The molecule has 0 fully saturated rings. The topological polar surface area (TPSA) is 85.2 Å². The first-order chi connectivity index (χ1) is 16.9. The number of rotatable bonds is 8. The molecule has 0 aliphatic heterocycles. The number of hydrogen-bond acceptors (Lipinski definition) is 5. The zero-order valence-corrected chi connectivity index (χ0v) is 19.4. The lowest BCUT2D eigenvalue weighted by molar-refractivity contribution is -0.117. The van der Waals surface area contributed by atoms with Gasteiger partial charge in [-0.25, -0.2) is 4.39 Å². The van der Waals surface area contributed by atoms with E-state index < -0.39 is 6.04 Å². The van der Waals surface area contributed by atoms with Crippen LogP contribution < -0.4 is 20.9 Å². The number of hydrogen-bond donors (Lipinski definition) is 2. The second-order valence-corrected chi connectivity index (χ2v) is 7.97. The first-order valence-electron chi connectivity index (χ1n) is 11.1. The smallest absolute Gasteiger partial charge is 0.275 e. The molecule has 0 spiro atoms. The van der Waals surface area contributed by atoms with Crippen molar-refractivity contribution >= 4 is 11.6 Å². The van der Waals surface area contributed by atoms with Crippen LogP contribution in [-0.4, -0.2) is 28.5 Å². The Bertz CT molecular complexity index is 1370. The molecule has 35 heavy (non-hydrogen) atoms. The molecule has 0 unspecified atom stereocenters. The molecule has 7 nitrogen and oxygen atoms in total. The molecule has 0 aliphatic rings. The minimum atomic E-state index is -0.457. The van der Waals surface area contributed by atoms with Crippen LogP contribution >= 0.6 is 0 Å². The molecular weight excluding hydrogens is 447 g/mol. The lowest BCUT2D eigenvalue weighted by Gasteiger charge is -2.17. The molecule has 1 amide bonds. The molecule has 2 heterocycles. The van der Waals surface area contributed by atoms with Gasteiger partial charge in [0, 0.05) is 6.20 Å². The van der Waals surface area contributed by atoms with Crippen LogP contribution in [0.15, 0.2) is 90.0 Å². The minimum absolute atomic E-state index is 0.184. The highest BCUT2D eigenvalue weighted by Gasteiger charge is 2.16. The van der Waals surface area contributed by atoms with Crippen LogP contribution in [0.3, 0.4) is 0 Å². The number of nitrogens with zero attached hydrogens (tertiary/aromatic N) is 2. The lowest BCUT2D eigenvalue weighted by Crippen LogP contribution is -2.37. The molecule has 8 heteroatoms. The van der Waals surface area contributed by atoms with Gasteiger partial charge in [-0.05, 0) is 67.6 Å². The number of likely N-dealkylation sites (N-methyl/N-ethyl adjacent to an activating group) is 1. The van der Waals surface area contributed by atoms with E-state index in [9.17, 15) is 14.0 Å². The molecule has 0 aliphatic carbocycles. The van der Waals surface area contributed by atoms with Crippen LogP contribution in [0.25, 0.3) is 11.3 Å². The maximum absolute atomic E-state index is 13.5. The molecular formula is C27H25FN4O3. The van der Waals surface area contributed by atoms with E-state index in [0.717, 1.165) is 11.1 Å². The van der Waals surface area contributed by atoms with Crippen molar-refractivity contribution < 1.29 is 13.9 Å². The first kappa shape index (κ1) is 23.8. The van der Waals surface area contributed by atoms with Gasteiger partial charge < -0.3 is 19.9 Å². The number of pyridine rings is 2. The quantitative estimate of drug-likeness (QED) is 0.396. The summed E-state index contributed by atoms with van der Waals surface area (Å²) in [4.78, 5) is 30.1. The Balaban J connectivity index is 1.69. The van der Waals surface area contributed by atoms with Gasteiger partial charge in [-0.3, -0.25) is 14.6 Å². The van der Waals surface area contributed by atoms with E-state index in [4.69, 9.17) is 4.74 Å². The van der Waals surface area contributed by atoms with Crippen molar-refractivity contribution in [3.8, 4) is 22.8 Å². The Hall–Kier alpha value is -4.30. The standard InChI is InChI=1S/C27H25FN4O3/c1-18(29-2)26(33)31-24-12-13-25(20-6-4-3-5-7-20)32(27(24)34)17-19-14-23(16-30-15-19)35-22-10-8-21(28)9-11-22/h3-16,18,29H,17H2,1-2H3,(H,31,33)/t18-/m0/s1. The number of benzene rings is 2. The second kappa shape index (κ2) is 10.8. The third-order valence-corrected chi connectivity index (χ3v) is 5.49. The third-order valence-electron chi connectivity index (χ3n) is 5.49. The molecule has 4 aromatic rings. The summed E-state index contributed by atoms with van der Waals surface area (Å²) < 4.78 is 20.6. The van der Waals surface area contributed by atoms with E-state index >= 15 is 0 Å². The number of amides is 1. The Morgan fingerprint density at radius 1 is 1.03 bits per heavy atom. The molecule has 0 saturated heterocycles. The number of nitrogens with one attached hydrogen (secondary N) is 2. The van der Waals surface area contributed by atoms with E-state index in [-0.39, 0.29) is 29.5 Å². The highest BCUT2D eigenvalue weighted by atomic mass is 19.1. The second-order valence-electron chi connectivity index (χ2n) is 7.97. The zero-order chi connectivity index (χ0) is 24.8. The Kier molecular flexibility index (Phi) is 7.32. The van der Waals surface area contributed by atoms with Gasteiger partial charge in [0.15, 0.2) is 0 Å². The van der Waals surface area contributed by atoms with Crippen molar-refractivity contribution in [2.45, 2.75) is 19.5 Å². The molecule has 0 bridgehead atoms. The van der Waals surface area contributed by atoms with Gasteiger partial charge in [-0.1, -0.05) is 30.3 Å². The molecule has 1 atom stereocenters. The summed E-state index contributed by atoms with van der Waals surface area (Å²) in [7, 11) is 1.68. The normalized spacial score (nSPS) is 11.6. The van der Waals surface area contributed by atoms with Gasteiger partial charge in [0.25, 0.3) is 5.56 Å². The van der Waals surface area contributed by atoms with Gasteiger partial charge in [-0.2, -0.15) is 0 Å². The first-order valence-corrected chi connectivity index (χ1v) is 11.1. The van der Waals surface area contributed by atoms with Crippen molar-refractivity contribution in [1.82, 2.24) is 14.9 Å². The summed E-state index contributed by atoms with van der Waals surface area (Å²) >= 11 is 0. The number of carbonyl (C=O) groups excluding carboxylic acids is 1. The summed E-state index contributed by atoms with van der Waals surface area (Å²) in [6.45, 7) is 1.91. The Morgan fingerprint density at radius 3 is 2.49 bits per heavy atom. The van der Waals surface area contributed by atoms with Gasteiger partial charge in [-0.15, -0.1) is 0 Å². The van der Waals surface area contributed by atoms with Crippen molar-refractivity contribution in [3.63, 3.8) is 0 Å². The van der Waals surface area contributed by atoms with Crippen LogP contribution in [0.2, 0.25) is 0 Å². The maximum Gasteiger partial charge on any atom is 0.275 e. The van der Waals surface area contributed by atoms with E-state index in [1.165, 1.54) is 24.3 Å². The molecule has 2 aromatic carbocycles. The molecule has 178 valence electrons. The average Bonchev–Trinajstić information content (AvgIpc) is 2.88. The summed E-state index contributed by atoms with van der Waals surface area (Å²) in [6.07, 6.45) is 3.19. The Morgan fingerprint density at radius 2 is 1.77 bits per heavy atom. The summed E-state index contributed by atoms with van der Waals surface area (Å²) in [5.41, 5.74) is 2.12. The zero-order valence-electron chi connectivity index (χ0n) is 19.4. The summed E-state index contributed by atoms with van der Waals surface area (Å²) in [6, 6.07) is 19.9. The lowest BCUT2D eigenvalue weighted by atomic mass is 10.1. The van der Waals surface area contributed by atoms with Crippen LogP contribution in [-0.2, 0) is 11.3 Å². The minimum Gasteiger partial charge on any atom is -0.456 e. The van der Waals surface area contributed by atoms with Crippen molar-refractivity contribution in [3.05, 3.63) is 107 Å². The number of ether oxygens (including phenoxy) is 1. The molecule has 2 N–H and O–H groups in total. The fourth-order valence-electron chi connectivity index (χ4n) is 3.49. The number of halogens is 1. The monoisotopic (exact) mass is 472 g/mol. The number of anilines is 1. The predicted octanol–water partition coefficient (Wildman–Crippen LogP) is 4.44. The molecule has 4 rings (SSSR count). The fraction of sp³-hybridized carbons (Fsp3) is 0.148. The van der Waals surface area contributed by atoms with Gasteiger partial charge in [0.2, 0.25) is 5.91 Å². The maximum atomic E-state index is 13.5. The predicted molar refractivity (Wildman–Crippen MR) is 133 cm³/mol. The molecule has 2 aromatic heterocycles. The largest absolute Gasteiger partial charge is 0.456 e. The third kappa shape index (κ3) is 5.80. The van der Waals surface area contributed by atoms with Gasteiger partial charge in [0.1, 0.15) is 23.0 Å².